The Kier molecular flexibility index (Phi) is 5.86. The average Bonchev–Trinajstić information content (AvgIpc) is 2.30. The zero-order chi connectivity index (χ0) is 13.8. The first-order chi connectivity index (χ1) is 8.40. The van der Waals surface area contributed by atoms with E-state index >= 15 is 0 Å². The molecular weight excluding hydrogens is 320 g/mol. The van der Waals surface area contributed by atoms with Gasteiger partial charge < -0.3 is 9.94 Å². The molecule has 0 spiro atoms. The van der Waals surface area contributed by atoms with E-state index in [0.29, 0.717) is 17.9 Å². The van der Waals surface area contributed by atoms with Crippen LogP contribution in [0.25, 0.3) is 0 Å². The maximum atomic E-state index is 8.72. The average molecular weight is 331 g/mol. The molecule has 0 aliphatic rings. The third-order valence-electron chi connectivity index (χ3n) is 2.19. The molecule has 7 heteroatoms. The summed E-state index contributed by atoms with van der Waals surface area (Å²) in [4.78, 5) is 0. The van der Waals surface area contributed by atoms with Gasteiger partial charge in [0.2, 0.25) is 3.79 Å². The normalized spacial score (nSPS) is 14.4. The van der Waals surface area contributed by atoms with Crippen LogP contribution < -0.4 is 4.74 Å². The standard InChI is InChI=1S/C11H11Cl4NO2/c1-2-18-8-5-3-7(4-6-8)9(10(12)16-17)11(13,14)15/h3-6,9,17H,2H2,1H3/b16-10-/t9-/m0/s1. The van der Waals surface area contributed by atoms with Crippen molar-refractivity contribution in [3.8, 4) is 5.75 Å². The van der Waals surface area contributed by atoms with E-state index in [1.807, 2.05) is 6.92 Å². The lowest BCUT2D eigenvalue weighted by molar-refractivity contribution is 0.318. The van der Waals surface area contributed by atoms with Crippen molar-refractivity contribution in [2.75, 3.05) is 6.61 Å². The number of ether oxygens (including phenoxy) is 1. The molecule has 3 nitrogen and oxygen atoms in total. The predicted molar refractivity (Wildman–Crippen MR) is 75.7 cm³/mol. The third kappa shape index (κ3) is 4.09. The second kappa shape index (κ2) is 6.71. The fourth-order valence-electron chi connectivity index (χ4n) is 1.44. The van der Waals surface area contributed by atoms with Gasteiger partial charge in [0, 0.05) is 0 Å². The molecule has 0 bridgehead atoms. The van der Waals surface area contributed by atoms with Gasteiger partial charge >= 0.3 is 0 Å². The zero-order valence-corrected chi connectivity index (χ0v) is 12.4. The van der Waals surface area contributed by atoms with Gasteiger partial charge in [-0.1, -0.05) is 63.7 Å². The van der Waals surface area contributed by atoms with Gasteiger partial charge in [0.25, 0.3) is 0 Å². The summed E-state index contributed by atoms with van der Waals surface area (Å²) in [6.07, 6.45) is 0. The van der Waals surface area contributed by atoms with Gasteiger partial charge in [-0.3, -0.25) is 0 Å². The minimum atomic E-state index is -1.71. The zero-order valence-electron chi connectivity index (χ0n) is 9.41. The van der Waals surface area contributed by atoms with Crippen molar-refractivity contribution in [3.63, 3.8) is 0 Å². The molecule has 0 aliphatic heterocycles. The number of benzene rings is 1. The van der Waals surface area contributed by atoms with Crippen molar-refractivity contribution in [1.29, 1.82) is 0 Å². The highest BCUT2D eigenvalue weighted by atomic mass is 35.6. The Balaban J connectivity index is 3.07. The molecule has 0 unspecified atom stereocenters. The molecule has 1 rings (SSSR count). The van der Waals surface area contributed by atoms with Crippen LogP contribution in [0, 0.1) is 0 Å². The Morgan fingerprint density at radius 1 is 1.33 bits per heavy atom. The number of rotatable bonds is 4. The minimum absolute atomic E-state index is 0.195. The fourth-order valence-corrected chi connectivity index (χ4v) is 2.59. The molecule has 1 atom stereocenters. The smallest absolute Gasteiger partial charge is 0.203 e. The van der Waals surface area contributed by atoms with Crippen LogP contribution in [-0.4, -0.2) is 20.8 Å². The monoisotopic (exact) mass is 329 g/mol. The predicted octanol–water partition coefficient (Wildman–Crippen LogP) is 4.57. The molecular formula is C11H11Cl4NO2. The Hall–Kier alpha value is -0.350. The van der Waals surface area contributed by atoms with Gasteiger partial charge in [0.05, 0.1) is 12.5 Å². The van der Waals surface area contributed by atoms with Gasteiger partial charge in [0.1, 0.15) is 5.75 Å². The maximum absolute atomic E-state index is 8.72. The topological polar surface area (TPSA) is 41.8 Å². The van der Waals surface area contributed by atoms with Gasteiger partial charge in [-0.2, -0.15) is 0 Å². The summed E-state index contributed by atoms with van der Waals surface area (Å²) in [6.45, 7) is 2.44. The van der Waals surface area contributed by atoms with E-state index in [1.165, 1.54) is 0 Å². The molecule has 0 heterocycles. The Morgan fingerprint density at radius 2 is 1.89 bits per heavy atom. The van der Waals surface area contributed by atoms with Crippen molar-refractivity contribution in [1.82, 2.24) is 0 Å². The second-order valence-electron chi connectivity index (χ2n) is 3.40. The molecule has 1 N–H and O–H groups in total. The molecule has 0 aromatic heterocycles. The summed E-state index contributed by atoms with van der Waals surface area (Å²) in [5.41, 5.74) is 0.612. The Bertz CT molecular complexity index is 414. The number of hydrogen-bond donors (Lipinski definition) is 1. The lowest BCUT2D eigenvalue weighted by Gasteiger charge is -2.22. The van der Waals surface area contributed by atoms with Crippen LogP contribution >= 0.6 is 46.4 Å². The van der Waals surface area contributed by atoms with Crippen LogP contribution in [0.4, 0.5) is 0 Å². The van der Waals surface area contributed by atoms with Crippen LogP contribution in [0.2, 0.25) is 0 Å². The van der Waals surface area contributed by atoms with Crippen molar-refractivity contribution >= 4 is 51.6 Å². The SMILES string of the molecule is CCOc1ccc([C@@H](/C(Cl)=N/O)C(Cl)(Cl)Cl)cc1. The summed E-state index contributed by atoms with van der Waals surface area (Å²) in [6, 6.07) is 6.85. The van der Waals surface area contributed by atoms with E-state index in [0.717, 1.165) is 0 Å². The van der Waals surface area contributed by atoms with Gasteiger partial charge in [-0.05, 0) is 24.6 Å². The second-order valence-corrected chi connectivity index (χ2v) is 6.16. The molecule has 0 saturated carbocycles. The van der Waals surface area contributed by atoms with Crippen LogP contribution in [0.5, 0.6) is 5.75 Å². The highest BCUT2D eigenvalue weighted by molar-refractivity contribution is 6.74. The van der Waals surface area contributed by atoms with E-state index in [9.17, 15) is 0 Å². The van der Waals surface area contributed by atoms with Crippen molar-refractivity contribution in [2.24, 2.45) is 5.16 Å². The van der Waals surface area contributed by atoms with Crippen molar-refractivity contribution < 1.29 is 9.94 Å². The molecule has 18 heavy (non-hydrogen) atoms. The summed E-state index contributed by atoms with van der Waals surface area (Å²) < 4.78 is 3.59. The summed E-state index contributed by atoms with van der Waals surface area (Å²) >= 11 is 23.3. The van der Waals surface area contributed by atoms with Crippen molar-refractivity contribution in [3.05, 3.63) is 29.8 Å². The lowest BCUT2D eigenvalue weighted by Crippen LogP contribution is -2.22. The van der Waals surface area contributed by atoms with E-state index in [1.54, 1.807) is 24.3 Å². The van der Waals surface area contributed by atoms with Crippen LogP contribution in [0.15, 0.2) is 29.4 Å². The fraction of sp³-hybridized carbons (Fsp3) is 0.364. The van der Waals surface area contributed by atoms with E-state index in [2.05, 4.69) is 5.16 Å². The molecule has 100 valence electrons. The molecule has 0 saturated heterocycles. The maximum Gasteiger partial charge on any atom is 0.203 e. The van der Waals surface area contributed by atoms with Crippen molar-refractivity contribution in [2.45, 2.75) is 16.6 Å². The van der Waals surface area contributed by atoms with Crippen LogP contribution in [-0.2, 0) is 0 Å². The largest absolute Gasteiger partial charge is 0.494 e. The van der Waals surface area contributed by atoms with E-state index < -0.39 is 9.71 Å². The Morgan fingerprint density at radius 3 is 2.28 bits per heavy atom. The summed E-state index contributed by atoms with van der Waals surface area (Å²) in [5, 5.41) is 11.4. The van der Waals surface area contributed by atoms with Gasteiger partial charge in [0.15, 0.2) is 5.17 Å². The van der Waals surface area contributed by atoms with Gasteiger partial charge in [-0.25, -0.2) is 0 Å². The number of halogens is 4. The summed E-state index contributed by atoms with van der Waals surface area (Å²) in [5.74, 6) is -0.147. The van der Waals surface area contributed by atoms with Gasteiger partial charge in [-0.15, -0.1) is 0 Å². The first-order valence-electron chi connectivity index (χ1n) is 5.07. The van der Waals surface area contributed by atoms with Crippen LogP contribution in [0.1, 0.15) is 18.4 Å². The lowest BCUT2D eigenvalue weighted by atomic mass is 10.0. The molecule has 0 amide bonds. The molecule has 0 radical (unpaired) electrons. The highest BCUT2D eigenvalue weighted by Crippen LogP contribution is 2.43. The Labute approximate surface area is 125 Å². The first-order valence-corrected chi connectivity index (χ1v) is 6.58. The number of oxime groups is 1. The number of hydrogen-bond acceptors (Lipinski definition) is 3. The first kappa shape index (κ1) is 15.7. The molecule has 1 aromatic rings. The highest BCUT2D eigenvalue weighted by Gasteiger charge is 2.37. The summed E-state index contributed by atoms with van der Waals surface area (Å²) in [7, 11) is 0. The van der Waals surface area contributed by atoms with E-state index in [4.69, 9.17) is 56.3 Å². The molecule has 1 aromatic carbocycles. The quantitative estimate of drug-likeness (QED) is 0.380. The molecule has 0 aliphatic carbocycles. The molecule has 0 fully saturated rings. The third-order valence-corrected chi connectivity index (χ3v) is 3.13. The number of alkyl halides is 3. The number of nitrogens with zero attached hydrogens (tertiary/aromatic N) is 1. The minimum Gasteiger partial charge on any atom is -0.494 e. The van der Waals surface area contributed by atoms with E-state index in [-0.39, 0.29) is 5.17 Å². The van der Waals surface area contributed by atoms with Crippen LogP contribution in [0.3, 0.4) is 0 Å².